The number of ether oxygens (including phenoxy) is 1. The van der Waals surface area contributed by atoms with E-state index in [2.05, 4.69) is 24.5 Å². The van der Waals surface area contributed by atoms with Gasteiger partial charge < -0.3 is 20.3 Å². The maximum absolute atomic E-state index is 14.0. The molecule has 200 valence electrons. The van der Waals surface area contributed by atoms with Crippen LogP contribution in [0.2, 0.25) is 0 Å². The Labute approximate surface area is 220 Å². The Hall–Kier alpha value is -2.67. The van der Waals surface area contributed by atoms with Gasteiger partial charge in [0.15, 0.2) is 0 Å². The van der Waals surface area contributed by atoms with Crippen LogP contribution in [-0.4, -0.2) is 52.5 Å². The molecule has 4 aliphatic rings. The summed E-state index contributed by atoms with van der Waals surface area (Å²) in [7, 11) is 0. The van der Waals surface area contributed by atoms with E-state index in [0.717, 1.165) is 24.0 Å². The molecule has 1 spiro atoms. The van der Waals surface area contributed by atoms with Crippen LogP contribution in [0.4, 0.5) is 5.69 Å². The highest BCUT2D eigenvalue weighted by atomic mass is 16.5. The van der Waals surface area contributed by atoms with Crippen LogP contribution in [0.5, 0.6) is 0 Å². The summed E-state index contributed by atoms with van der Waals surface area (Å²) in [4.78, 5) is 43.3. The van der Waals surface area contributed by atoms with Crippen molar-refractivity contribution in [2.45, 2.75) is 97.1 Å². The molecule has 3 fully saturated rings. The van der Waals surface area contributed by atoms with Gasteiger partial charge in [0.25, 0.3) is 0 Å². The monoisotopic (exact) mass is 507 g/mol. The molecule has 1 aromatic carbocycles. The molecule has 1 aromatic rings. The van der Waals surface area contributed by atoms with E-state index in [9.17, 15) is 14.4 Å². The molecule has 3 heterocycles. The molecular formula is C30H41N3O4. The van der Waals surface area contributed by atoms with Crippen LogP contribution in [-0.2, 0) is 19.1 Å². The first-order valence-corrected chi connectivity index (χ1v) is 14.0. The van der Waals surface area contributed by atoms with Gasteiger partial charge >= 0.3 is 0 Å². The summed E-state index contributed by atoms with van der Waals surface area (Å²) in [6.45, 7) is 12.5. The van der Waals surface area contributed by atoms with Gasteiger partial charge in [0.2, 0.25) is 17.7 Å². The summed E-state index contributed by atoms with van der Waals surface area (Å²) in [6.07, 6.45) is 7.15. The normalized spacial score (nSPS) is 37.0. The van der Waals surface area contributed by atoms with Crippen molar-refractivity contribution in [3.05, 3.63) is 41.5 Å². The quantitative estimate of drug-likeness (QED) is 0.567. The molecule has 2 saturated heterocycles. The van der Waals surface area contributed by atoms with Gasteiger partial charge in [-0.05, 0) is 68.7 Å². The lowest BCUT2D eigenvalue weighted by Crippen LogP contribution is -2.59. The minimum Gasteiger partial charge on any atom is -0.359 e. The van der Waals surface area contributed by atoms with Gasteiger partial charge in [-0.3, -0.25) is 14.4 Å². The first kappa shape index (κ1) is 26.0. The number of nitrogens with zero attached hydrogens (tertiary/aromatic N) is 1. The topological polar surface area (TPSA) is 87.7 Å². The minimum absolute atomic E-state index is 0.0760. The maximum atomic E-state index is 14.0. The van der Waals surface area contributed by atoms with Gasteiger partial charge in [-0.25, -0.2) is 0 Å². The second-order valence-electron chi connectivity index (χ2n) is 11.9. The largest absolute Gasteiger partial charge is 0.359 e. The first-order chi connectivity index (χ1) is 17.6. The third-order valence-corrected chi connectivity index (χ3v) is 9.74. The first-order valence-electron chi connectivity index (χ1n) is 14.0. The fourth-order valence-electron chi connectivity index (χ4n) is 6.97. The van der Waals surface area contributed by atoms with Gasteiger partial charge in [0.05, 0.1) is 17.9 Å². The molecule has 0 aromatic heterocycles. The van der Waals surface area contributed by atoms with Gasteiger partial charge in [-0.2, -0.15) is 0 Å². The van der Waals surface area contributed by atoms with Crippen molar-refractivity contribution in [3.8, 4) is 0 Å². The van der Waals surface area contributed by atoms with E-state index in [4.69, 9.17) is 4.74 Å². The van der Waals surface area contributed by atoms with Crippen molar-refractivity contribution in [1.82, 2.24) is 10.2 Å². The van der Waals surface area contributed by atoms with E-state index in [1.165, 1.54) is 6.42 Å². The number of hydrogen-bond acceptors (Lipinski definition) is 4. The Morgan fingerprint density at radius 2 is 1.92 bits per heavy atom. The zero-order chi connectivity index (χ0) is 26.6. The van der Waals surface area contributed by atoms with Crippen LogP contribution in [0.25, 0.3) is 0 Å². The Balaban J connectivity index is 1.45. The lowest BCUT2D eigenvalue weighted by atomic mass is 9.73. The molecule has 1 saturated carbocycles. The lowest BCUT2D eigenvalue weighted by Gasteiger charge is -2.39. The van der Waals surface area contributed by atoms with Gasteiger partial charge in [-0.1, -0.05) is 51.8 Å². The highest BCUT2D eigenvalue weighted by molar-refractivity contribution is 6.03. The number of carbonyl (C=O) groups excluding carboxylic acids is 3. The predicted molar refractivity (Wildman–Crippen MR) is 143 cm³/mol. The van der Waals surface area contributed by atoms with E-state index >= 15 is 0 Å². The summed E-state index contributed by atoms with van der Waals surface area (Å²) >= 11 is 0. The van der Waals surface area contributed by atoms with Crippen LogP contribution in [0.3, 0.4) is 0 Å². The molecule has 7 heteroatoms. The average molecular weight is 508 g/mol. The van der Waals surface area contributed by atoms with E-state index in [1.807, 2.05) is 58.0 Å². The van der Waals surface area contributed by atoms with Crippen molar-refractivity contribution in [2.24, 2.45) is 23.7 Å². The zero-order valence-electron chi connectivity index (χ0n) is 22.9. The molecule has 3 amide bonds. The Morgan fingerprint density at radius 3 is 2.62 bits per heavy atom. The third-order valence-electron chi connectivity index (χ3n) is 9.74. The van der Waals surface area contributed by atoms with Crippen LogP contribution in [0.1, 0.15) is 64.5 Å². The molecule has 2 N–H and O–H groups in total. The highest BCUT2D eigenvalue weighted by Gasteiger charge is 2.73. The molecular weight excluding hydrogens is 466 g/mol. The smallest absolute Gasteiger partial charge is 0.246 e. The summed E-state index contributed by atoms with van der Waals surface area (Å²) < 4.78 is 6.47. The maximum Gasteiger partial charge on any atom is 0.246 e. The molecule has 37 heavy (non-hydrogen) atoms. The van der Waals surface area contributed by atoms with Crippen molar-refractivity contribution < 1.29 is 19.1 Å². The molecule has 5 rings (SSSR count). The number of anilines is 1. The number of rotatable bonds is 6. The second-order valence-corrected chi connectivity index (χ2v) is 11.9. The van der Waals surface area contributed by atoms with Gasteiger partial charge in [-0.15, -0.1) is 0 Å². The molecule has 7 nitrogen and oxygen atoms in total. The summed E-state index contributed by atoms with van der Waals surface area (Å²) in [5.74, 6) is -1.06. The number of aryl methyl sites for hydroxylation is 2. The van der Waals surface area contributed by atoms with Crippen LogP contribution in [0.15, 0.2) is 30.4 Å². The van der Waals surface area contributed by atoms with Crippen LogP contribution < -0.4 is 10.6 Å². The zero-order valence-corrected chi connectivity index (χ0v) is 22.9. The second kappa shape index (κ2) is 9.57. The van der Waals surface area contributed by atoms with Crippen molar-refractivity contribution >= 4 is 23.4 Å². The van der Waals surface area contributed by atoms with E-state index < -0.39 is 29.6 Å². The summed E-state index contributed by atoms with van der Waals surface area (Å²) in [6, 6.07) is 4.94. The molecule has 9 atom stereocenters. The van der Waals surface area contributed by atoms with Crippen LogP contribution in [0, 0.1) is 37.5 Å². The standard InChI is InChI=1S/C30H41N3O4/c1-7-19(5)33-26(28(35)32-22-10-8-9-17(3)20(22)6)30-14-13-23(37-30)24(25(30)29(33)36)27(34)31-21-12-11-16(2)18(4)15-21/h11-15,17,19-20,22-26H,7-10H2,1-6H3,(H,31,34)(H,32,35)/t17-,19+,20-,22-,23-,24-,25-,26+,30+/m1/s1. The Bertz CT molecular complexity index is 1130. The van der Waals surface area contributed by atoms with Crippen LogP contribution >= 0.6 is 0 Å². The number of amides is 3. The lowest BCUT2D eigenvalue weighted by molar-refractivity contribution is -0.144. The number of benzene rings is 1. The molecule has 0 radical (unpaired) electrons. The van der Waals surface area contributed by atoms with E-state index in [-0.39, 0.29) is 29.8 Å². The Kier molecular flexibility index (Phi) is 6.71. The van der Waals surface area contributed by atoms with Gasteiger partial charge in [0.1, 0.15) is 11.6 Å². The molecule has 1 aliphatic carbocycles. The summed E-state index contributed by atoms with van der Waals surface area (Å²) in [5, 5.41) is 6.33. The molecule has 3 aliphatic heterocycles. The molecule has 0 unspecified atom stereocenters. The predicted octanol–water partition coefficient (Wildman–Crippen LogP) is 4.13. The number of likely N-dealkylation sites (tertiary alicyclic amines) is 1. The number of hydrogen-bond donors (Lipinski definition) is 2. The highest BCUT2D eigenvalue weighted by Crippen LogP contribution is 2.56. The fourth-order valence-corrected chi connectivity index (χ4v) is 6.97. The molecule has 2 bridgehead atoms. The van der Waals surface area contributed by atoms with E-state index in [1.54, 1.807) is 4.90 Å². The average Bonchev–Trinajstić information content (AvgIpc) is 3.51. The number of fused-ring (bicyclic) bond motifs is 1. The van der Waals surface area contributed by atoms with Crippen molar-refractivity contribution in [3.63, 3.8) is 0 Å². The fraction of sp³-hybridized carbons (Fsp3) is 0.633. The third kappa shape index (κ3) is 4.10. The number of carbonyl (C=O) groups is 3. The van der Waals surface area contributed by atoms with E-state index in [0.29, 0.717) is 23.9 Å². The number of nitrogens with one attached hydrogen (secondary N) is 2. The van der Waals surface area contributed by atoms with Crippen molar-refractivity contribution in [2.75, 3.05) is 5.32 Å². The Morgan fingerprint density at radius 1 is 1.16 bits per heavy atom. The minimum atomic E-state index is -1.12. The SMILES string of the molecule is CC[C@H](C)N1C(=O)[C@H]2[C@H](C(=O)Nc3ccc(C)c(C)c3)[C@H]3C=C[C@@]2(O3)[C@@H]1C(=O)N[C@@H]1CCC[C@@H](C)[C@H]1C. The van der Waals surface area contributed by atoms with Crippen molar-refractivity contribution in [1.29, 1.82) is 0 Å². The van der Waals surface area contributed by atoms with Gasteiger partial charge in [0, 0.05) is 17.8 Å². The summed E-state index contributed by atoms with van der Waals surface area (Å²) in [5.41, 5.74) is 1.81.